The van der Waals surface area contributed by atoms with Crippen LogP contribution in [0.2, 0.25) is 0 Å². The van der Waals surface area contributed by atoms with Crippen molar-refractivity contribution in [3.63, 3.8) is 0 Å². The van der Waals surface area contributed by atoms with Gasteiger partial charge in [0.25, 0.3) is 5.91 Å². The van der Waals surface area contributed by atoms with Crippen molar-refractivity contribution in [3.8, 4) is 5.75 Å². The van der Waals surface area contributed by atoms with Crippen LogP contribution in [0.3, 0.4) is 0 Å². The molecule has 0 saturated heterocycles. The van der Waals surface area contributed by atoms with E-state index in [0.29, 0.717) is 0 Å². The van der Waals surface area contributed by atoms with Crippen LogP contribution in [0.5, 0.6) is 5.75 Å². The molecule has 3 aromatic rings. The van der Waals surface area contributed by atoms with Crippen LogP contribution in [0.1, 0.15) is 42.4 Å². The summed E-state index contributed by atoms with van der Waals surface area (Å²) in [5.74, 6) is -5.34. The predicted octanol–water partition coefficient (Wildman–Crippen LogP) is 4.65. The molecule has 5 nitrogen and oxygen atoms in total. The second-order valence-electron chi connectivity index (χ2n) is 7.89. The first-order valence-corrected chi connectivity index (χ1v) is 9.13. The highest BCUT2D eigenvalue weighted by Gasteiger charge is 2.27. The molecule has 0 bridgehead atoms. The second kappa shape index (κ2) is 7.51. The summed E-state index contributed by atoms with van der Waals surface area (Å²) in [5.41, 5.74) is -0.480. The van der Waals surface area contributed by atoms with Crippen molar-refractivity contribution in [1.29, 1.82) is 0 Å². The number of hydrogen-bond acceptors (Lipinski definition) is 4. The Morgan fingerprint density at radius 1 is 1.07 bits per heavy atom. The van der Waals surface area contributed by atoms with E-state index in [1.165, 1.54) is 13.0 Å². The van der Waals surface area contributed by atoms with Gasteiger partial charge < -0.3 is 9.84 Å². The monoisotopic (exact) mass is 419 g/mol. The second-order valence-corrected chi connectivity index (χ2v) is 7.89. The molecule has 0 radical (unpaired) electrons. The summed E-state index contributed by atoms with van der Waals surface area (Å²) in [6.45, 7) is 6.54. The van der Waals surface area contributed by atoms with Crippen molar-refractivity contribution in [2.45, 2.75) is 39.7 Å². The fraction of sp³-hybridized carbons (Fsp3) is 0.273. The highest BCUT2D eigenvalue weighted by molar-refractivity contribution is 6.05. The first kappa shape index (κ1) is 21.4. The number of benzene rings is 2. The highest BCUT2D eigenvalue weighted by Crippen LogP contribution is 2.34. The van der Waals surface area contributed by atoms with Crippen molar-refractivity contribution in [2.24, 2.45) is 0 Å². The Kier molecular flexibility index (Phi) is 5.36. The molecule has 0 saturated carbocycles. The van der Waals surface area contributed by atoms with Crippen molar-refractivity contribution in [1.82, 2.24) is 4.57 Å². The minimum atomic E-state index is -1.20. The van der Waals surface area contributed by atoms with Crippen molar-refractivity contribution in [3.05, 3.63) is 64.6 Å². The molecule has 0 spiro atoms. The summed E-state index contributed by atoms with van der Waals surface area (Å²) >= 11 is 0. The molecule has 0 fully saturated rings. The van der Waals surface area contributed by atoms with Gasteiger partial charge in [-0.1, -0.05) is 0 Å². The number of phenolic OH excluding ortho intramolecular Hbond substituents is 1. The smallest absolute Gasteiger partial charge is 0.310 e. The number of carbonyl (C=O) groups excluding carboxylic acids is 2. The number of hydrogen-bond donors (Lipinski definition) is 1. The lowest BCUT2D eigenvalue weighted by atomic mass is 10.1. The molecule has 2 aromatic carbocycles. The molecule has 0 aliphatic heterocycles. The van der Waals surface area contributed by atoms with Gasteiger partial charge in [0.1, 0.15) is 5.60 Å². The summed E-state index contributed by atoms with van der Waals surface area (Å²) in [7, 11) is 0. The minimum absolute atomic E-state index is 0.0797. The summed E-state index contributed by atoms with van der Waals surface area (Å²) < 4.78 is 48.1. The maximum Gasteiger partial charge on any atom is 0.310 e. The van der Waals surface area contributed by atoms with Crippen LogP contribution in [0.4, 0.5) is 13.2 Å². The average Bonchev–Trinajstić information content (AvgIpc) is 2.90. The standard InChI is InChI=1S/C22H20F3NO4/c1-11-13(10-18(28)30-22(2,3)4)19-16(7-8-17(27)20(19)25)26(11)21(29)12-5-6-14(23)15(24)9-12/h5-9,27H,10H2,1-4H3. The fourth-order valence-electron chi connectivity index (χ4n) is 3.28. The summed E-state index contributed by atoms with van der Waals surface area (Å²) in [5, 5.41) is 9.69. The Hall–Kier alpha value is -3.29. The molecule has 0 amide bonds. The molecule has 1 heterocycles. The molecule has 30 heavy (non-hydrogen) atoms. The van der Waals surface area contributed by atoms with Gasteiger partial charge >= 0.3 is 5.97 Å². The van der Waals surface area contributed by atoms with Crippen molar-refractivity contribution >= 4 is 22.8 Å². The summed E-state index contributed by atoms with van der Waals surface area (Å²) in [4.78, 5) is 25.4. The minimum Gasteiger partial charge on any atom is -0.505 e. The largest absolute Gasteiger partial charge is 0.505 e. The third-order valence-electron chi connectivity index (χ3n) is 4.53. The van der Waals surface area contributed by atoms with Crippen LogP contribution in [0.15, 0.2) is 30.3 Å². The molecular formula is C22H20F3NO4. The topological polar surface area (TPSA) is 68.5 Å². The van der Waals surface area contributed by atoms with Gasteiger partial charge in [-0.3, -0.25) is 14.2 Å². The number of halogens is 3. The first-order chi connectivity index (χ1) is 13.9. The molecule has 0 aliphatic rings. The van der Waals surface area contributed by atoms with E-state index in [1.807, 2.05) is 0 Å². The molecule has 0 aliphatic carbocycles. The maximum absolute atomic E-state index is 14.8. The van der Waals surface area contributed by atoms with E-state index >= 15 is 0 Å². The molecular weight excluding hydrogens is 399 g/mol. The van der Waals surface area contributed by atoms with Gasteiger partial charge in [-0.15, -0.1) is 0 Å². The molecule has 3 rings (SSSR count). The molecule has 1 aromatic heterocycles. The number of carbonyl (C=O) groups is 2. The van der Waals surface area contributed by atoms with Crippen molar-refractivity contribution in [2.75, 3.05) is 0 Å². The number of aromatic nitrogens is 1. The quantitative estimate of drug-likeness (QED) is 0.628. The molecule has 158 valence electrons. The van der Waals surface area contributed by atoms with Gasteiger partial charge in [0.05, 0.1) is 11.9 Å². The SMILES string of the molecule is Cc1c(CC(=O)OC(C)(C)C)c2c(F)c(O)ccc2n1C(=O)c1ccc(F)c(F)c1. The van der Waals surface area contributed by atoms with Gasteiger partial charge in [-0.2, -0.15) is 0 Å². The molecule has 0 unspecified atom stereocenters. The van der Waals surface area contributed by atoms with E-state index in [2.05, 4.69) is 0 Å². The zero-order valence-corrected chi connectivity index (χ0v) is 16.8. The van der Waals surface area contributed by atoms with E-state index in [-0.39, 0.29) is 34.1 Å². The average molecular weight is 419 g/mol. The van der Waals surface area contributed by atoms with Gasteiger partial charge in [0, 0.05) is 16.6 Å². The van der Waals surface area contributed by atoms with Crippen LogP contribution in [0.25, 0.3) is 10.9 Å². The van der Waals surface area contributed by atoms with Crippen LogP contribution in [-0.4, -0.2) is 27.2 Å². The number of rotatable bonds is 3. The van der Waals surface area contributed by atoms with Gasteiger partial charge in [-0.05, 0) is 63.6 Å². The number of phenols is 1. The number of fused-ring (bicyclic) bond motifs is 1. The van der Waals surface area contributed by atoms with Crippen LogP contribution in [-0.2, 0) is 16.0 Å². The fourth-order valence-corrected chi connectivity index (χ4v) is 3.28. The number of esters is 1. The molecule has 0 atom stereocenters. The third kappa shape index (κ3) is 3.90. The van der Waals surface area contributed by atoms with E-state index in [1.54, 1.807) is 20.8 Å². The Balaban J connectivity index is 2.19. The van der Waals surface area contributed by atoms with Crippen LogP contribution >= 0.6 is 0 Å². The lowest BCUT2D eigenvalue weighted by Crippen LogP contribution is -2.25. The molecule has 1 N–H and O–H groups in total. The molecule has 8 heteroatoms. The number of nitrogens with zero attached hydrogens (tertiary/aromatic N) is 1. The van der Waals surface area contributed by atoms with E-state index < -0.39 is 40.7 Å². The normalized spacial score (nSPS) is 11.7. The summed E-state index contributed by atoms with van der Waals surface area (Å²) in [6, 6.07) is 5.06. The number of ether oxygens (including phenoxy) is 1. The lowest BCUT2D eigenvalue weighted by Gasteiger charge is -2.19. The van der Waals surface area contributed by atoms with Crippen LogP contribution < -0.4 is 0 Å². The first-order valence-electron chi connectivity index (χ1n) is 9.13. The maximum atomic E-state index is 14.8. The zero-order valence-electron chi connectivity index (χ0n) is 16.8. The third-order valence-corrected chi connectivity index (χ3v) is 4.53. The Bertz CT molecular complexity index is 1180. The Labute approximate surface area is 170 Å². The van der Waals surface area contributed by atoms with Gasteiger partial charge in [-0.25, -0.2) is 13.2 Å². The van der Waals surface area contributed by atoms with E-state index in [9.17, 15) is 27.9 Å². The van der Waals surface area contributed by atoms with Gasteiger partial charge in [0.2, 0.25) is 0 Å². The van der Waals surface area contributed by atoms with Crippen LogP contribution in [0, 0.1) is 24.4 Å². The Morgan fingerprint density at radius 3 is 2.33 bits per heavy atom. The van der Waals surface area contributed by atoms with Crippen molar-refractivity contribution < 1.29 is 32.6 Å². The lowest BCUT2D eigenvalue weighted by molar-refractivity contribution is -0.153. The highest BCUT2D eigenvalue weighted by atomic mass is 19.2. The van der Waals surface area contributed by atoms with E-state index in [0.717, 1.165) is 28.8 Å². The predicted molar refractivity (Wildman–Crippen MR) is 104 cm³/mol. The zero-order chi connectivity index (χ0) is 22.4. The summed E-state index contributed by atoms with van der Waals surface area (Å²) in [6.07, 6.45) is -0.349. The van der Waals surface area contributed by atoms with Gasteiger partial charge in [0.15, 0.2) is 23.2 Å². The number of aromatic hydroxyl groups is 1. The Morgan fingerprint density at radius 2 is 1.73 bits per heavy atom. The van der Waals surface area contributed by atoms with E-state index in [4.69, 9.17) is 4.74 Å².